The van der Waals surface area contributed by atoms with Gasteiger partial charge in [-0.3, -0.25) is 5.41 Å². The predicted molar refractivity (Wildman–Crippen MR) is 83.2 cm³/mol. The molecule has 0 saturated heterocycles. The Bertz CT molecular complexity index is 685. The zero-order valence-electron chi connectivity index (χ0n) is 11.1. The summed E-state index contributed by atoms with van der Waals surface area (Å²) in [6.07, 6.45) is 1.85. The summed E-state index contributed by atoms with van der Waals surface area (Å²) >= 11 is 5.89. The fraction of sp³-hybridized carbons (Fsp3) is 0.286. The van der Waals surface area contributed by atoms with Crippen molar-refractivity contribution in [1.82, 2.24) is 4.57 Å². The monoisotopic (exact) mass is 306 g/mol. The highest BCUT2D eigenvalue weighted by atomic mass is 32.2. The molecule has 1 N–H and O–H groups in total. The van der Waals surface area contributed by atoms with Crippen LogP contribution in [0.4, 0.5) is 0 Å². The minimum Gasteiger partial charge on any atom is -0.463 e. The largest absolute Gasteiger partial charge is 0.463 e. The van der Waals surface area contributed by atoms with Gasteiger partial charge in [-0.15, -0.1) is 12.6 Å². The lowest BCUT2D eigenvalue weighted by Gasteiger charge is -2.23. The van der Waals surface area contributed by atoms with Crippen LogP contribution in [0.1, 0.15) is 25.5 Å². The Balaban J connectivity index is 2.17. The average Bonchev–Trinajstić information content (AvgIpc) is 2.94. The quantitative estimate of drug-likeness (QED) is 0.652. The molecule has 1 aromatic heterocycles. The molecule has 4 nitrogen and oxygen atoms in total. The second-order valence-electron chi connectivity index (χ2n) is 4.60. The molecule has 1 atom stereocenters. The second kappa shape index (κ2) is 4.86. The molecule has 0 saturated carbocycles. The van der Waals surface area contributed by atoms with Crippen LogP contribution in [-0.4, -0.2) is 23.0 Å². The normalized spacial score (nSPS) is 21.1. The van der Waals surface area contributed by atoms with E-state index < -0.39 is 0 Å². The first-order chi connectivity index (χ1) is 9.56. The summed E-state index contributed by atoms with van der Waals surface area (Å²) in [5.41, 5.74) is 2.36. The Labute approximate surface area is 126 Å². The van der Waals surface area contributed by atoms with Crippen LogP contribution in [-0.2, 0) is 9.53 Å². The molecule has 0 fully saturated rings. The van der Waals surface area contributed by atoms with Crippen molar-refractivity contribution in [1.29, 1.82) is 5.41 Å². The van der Waals surface area contributed by atoms with E-state index >= 15 is 0 Å². The minimum absolute atomic E-state index is 0.231. The third-order valence-electron chi connectivity index (χ3n) is 3.50. The van der Waals surface area contributed by atoms with E-state index in [0.717, 1.165) is 16.2 Å². The van der Waals surface area contributed by atoms with Crippen LogP contribution < -0.4 is 0 Å². The molecule has 2 aliphatic heterocycles. The number of aromatic nitrogens is 1. The second-order valence-corrected chi connectivity index (χ2v) is 6.57. The van der Waals surface area contributed by atoms with Gasteiger partial charge in [0.15, 0.2) is 0 Å². The third-order valence-corrected chi connectivity index (χ3v) is 4.96. The molecular formula is C14H14N2O2S2. The van der Waals surface area contributed by atoms with Gasteiger partial charge in [-0.25, -0.2) is 4.79 Å². The number of thiol groups is 1. The lowest BCUT2D eigenvalue weighted by Crippen LogP contribution is -2.19. The maximum absolute atomic E-state index is 12.3. The maximum Gasteiger partial charge on any atom is 0.336 e. The number of rotatable bonds is 2. The van der Waals surface area contributed by atoms with E-state index in [2.05, 4.69) is 12.6 Å². The third kappa shape index (κ3) is 1.78. The van der Waals surface area contributed by atoms with Crippen LogP contribution in [0, 0.1) is 5.41 Å². The minimum atomic E-state index is -0.345. The molecule has 2 aliphatic rings. The molecule has 104 valence electrons. The molecule has 0 aliphatic carbocycles. The van der Waals surface area contributed by atoms with Crippen LogP contribution in [0.2, 0.25) is 0 Å². The van der Waals surface area contributed by atoms with Gasteiger partial charge in [0.2, 0.25) is 0 Å². The smallest absolute Gasteiger partial charge is 0.336 e. The Morgan fingerprint density at radius 1 is 1.60 bits per heavy atom. The molecule has 0 aromatic carbocycles. The van der Waals surface area contributed by atoms with Gasteiger partial charge in [0.25, 0.3) is 0 Å². The number of hydrogen-bond donors (Lipinski definition) is 2. The van der Waals surface area contributed by atoms with Gasteiger partial charge < -0.3 is 9.30 Å². The summed E-state index contributed by atoms with van der Waals surface area (Å²) in [4.78, 5) is 13.3. The van der Waals surface area contributed by atoms with E-state index in [1.54, 1.807) is 6.92 Å². The van der Waals surface area contributed by atoms with E-state index in [-0.39, 0.29) is 11.9 Å². The number of thioether (sulfide) groups is 1. The molecule has 0 bridgehead atoms. The average molecular weight is 306 g/mol. The van der Waals surface area contributed by atoms with Crippen LogP contribution in [0.5, 0.6) is 0 Å². The van der Waals surface area contributed by atoms with E-state index in [1.807, 2.05) is 29.8 Å². The van der Waals surface area contributed by atoms with Gasteiger partial charge >= 0.3 is 5.97 Å². The number of fused-ring (bicyclic) bond motifs is 3. The van der Waals surface area contributed by atoms with Crippen molar-refractivity contribution < 1.29 is 9.53 Å². The summed E-state index contributed by atoms with van der Waals surface area (Å²) in [5.74, 6) is -0.143. The number of ether oxygens (including phenoxy) is 1. The SMILES string of the molecule is CCOC(=O)C1=C(S)SC(C)=C2C(=N)n3cccc3C21. The molecule has 0 radical (unpaired) electrons. The fourth-order valence-electron chi connectivity index (χ4n) is 2.70. The van der Waals surface area contributed by atoms with E-state index in [0.29, 0.717) is 22.3 Å². The van der Waals surface area contributed by atoms with E-state index in [1.165, 1.54) is 11.8 Å². The highest BCUT2D eigenvalue weighted by Gasteiger charge is 2.42. The van der Waals surface area contributed by atoms with Gasteiger partial charge in [0, 0.05) is 17.5 Å². The molecule has 3 heterocycles. The number of nitrogens with one attached hydrogen (secondary N) is 1. The Morgan fingerprint density at radius 2 is 2.35 bits per heavy atom. The predicted octanol–water partition coefficient (Wildman–Crippen LogP) is 3.14. The lowest BCUT2D eigenvalue weighted by atomic mass is 9.90. The van der Waals surface area contributed by atoms with Crippen molar-refractivity contribution in [3.05, 3.63) is 44.3 Å². The molecule has 20 heavy (non-hydrogen) atoms. The Kier molecular flexibility index (Phi) is 3.30. The molecule has 1 aromatic rings. The van der Waals surface area contributed by atoms with Crippen LogP contribution >= 0.6 is 24.4 Å². The van der Waals surface area contributed by atoms with E-state index in [4.69, 9.17) is 10.1 Å². The number of hydrogen-bond acceptors (Lipinski definition) is 5. The van der Waals surface area contributed by atoms with Crippen molar-refractivity contribution in [3.8, 4) is 0 Å². The van der Waals surface area contributed by atoms with Crippen LogP contribution in [0.15, 0.2) is 38.6 Å². The molecule has 3 rings (SSSR count). The van der Waals surface area contributed by atoms with Gasteiger partial charge in [-0.2, -0.15) is 0 Å². The topological polar surface area (TPSA) is 55.1 Å². The highest BCUT2D eigenvalue weighted by Crippen LogP contribution is 2.51. The molecule has 0 spiro atoms. The maximum atomic E-state index is 12.3. The van der Waals surface area contributed by atoms with Gasteiger partial charge in [0.1, 0.15) is 5.84 Å². The summed E-state index contributed by atoms with van der Waals surface area (Å²) in [6, 6.07) is 3.83. The highest BCUT2D eigenvalue weighted by molar-refractivity contribution is 8.18. The van der Waals surface area contributed by atoms with E-state index in [9.17, 15) is 4.79 Å². The standard InChI is InChI=1S/C14H14N2O2S2/c1-3-18-13(17)11-10-8-5-4-6-16(8)12(15)9(10)7(2)20-14(11)19/h4-6,10,15,19H,3H2,1-2H3. The zero-order chi connectivity index (χ0) is 14.4. The first-order valence-electron chi connectivity index (χ1n) is 6.31. The summed E-state index contributed by atoms with van der Waals surface area (Å²) in [7, 11) is 0. The van der Waals surface area contributed by atoms with Crippen LogP contribution in [0.3, 0.4) is 0 Å². The number of carbonyl (C=O) groups is 1. The zero-order valence-corrected chi connectivity index (χ0v) is 12.8. The van der Waals surface area contributed by atoms with Crippen molar-refractivity contribution in [2.75, 3.05) is 6.61 Å². The molecule has 6 heteroatoms. The molecular weight excluding hydrogens is 292 g/mol. The number of esters is 1. The van der Waals surface area contributed by atoms with Crippen molar-refractivity contribution in [3.63, 3.8) is 0 Å². The first-order valence-corrected chi connectivity index (χ1v) is 7.58. The Hall–Kier alpha value is -1.40. The van der Waals surface area contributed by atoms with Crippen molar-refractivity contribution in [2.45, 2.75) is 19.8 Å². The van der Waals surface area contributed by atoms with Gasteiger partial charge in [0.05, 0.1) is 22.3 Å². The lowest BCUT2D eigenvalue weighted by molar-refractivity contribution is -0.138. The number of nitrogens with zero attached hydrogens (tertiary/aromatic N) is 1. The van der Waals surface area contributed by atoms with Gasteiger partial charge in [-0.05, 0) is 30.9 Å². The van der Waals surface area contributed by atoms with Crippen LogP contribution in [0.25, 0.3) is 0 Å². The van der Waals surface area contributed by atoms with Crippen molar-refractivity contribution in [2.24, 2.45) is 0 Å². The fourth-order valence-corrected chi connectivity index (χ4v) is 4.26. The van der Waals surface area contributed by atoms with Crippen molar-refractivity contribution >= 4 is 36.2 Å². The number of allylic oxidation sites excluding steroid dienone is 2. The first kappa shape index (κ1) is 13.6. The Morgan fingerprint density at radius 3 is 3.05 bits per heavy atom. The van der Waals surface area contributed by atoms with Gasteiger partial charge in [-0.1, -0.05) is 11.8 Å². The molecule has 1 unspecified atom stereocenters. The number of carbonyl (C=O) groups excluding carboxylic acids is 1. The summed E-state index contributed by atoms with van der Waals surface area (Å²) in [5, 5.41) is 8.29. The molecule has 0 amide bonds. The summed E-state index contributed by atoms with van der Waals surface area (Å²) < 4.78 is 7.64. The summed E-state index contributed by atoms with van der Waals surface area (Å²) in [6.45, 7) is 4.08.